The number of hydrogen-bond donors (Lipinski definition) is 0. The van der Waals surface area contributed by atoms with Gasteiger partial charge < -0.3 is 19.3 Å². The van der Waals surface area contributed by atoms with Crippen LogP contribution in [0.5, 0.6) is 11.5 Å². The molecule has 0 bridgehead atoms. The van der Waals surface area contributed by atoms with Gasteiger partial charge in [0.05, 0.1) is 0 Å². The molecule has 0 unspecified atom stereocenters. The average Bonchev–Trinajstić information content (AvgIpc) is 2.41. The Balaban J connectivity index is 3.16. The lowest BCUT2D eigenvalue weighted by Gasteiger charge is -2.17. The van der Waals surface area contributed by atoms with Crippen LogP contribution in [0.15, 0.2) is 30.9 Å². The Kier molecular flexibility index (Phi) is 5.78. The van der Waals surface area contributed by atoms with Gasteiger partial charge in [0.15, 0.2) is 11.5 Å². The fourth-order valence-electron chi connectivity index (χ4n) is 1.44. The molecule has 21 heavy (non-hydrogen) atoms. The average molecular weight is 292 g/mol. The largest absolute Gasteiger partial charge is 0.414 e. The van der Waals surface area contributed by atoms with Crippen LogP contribution in [0.2, 0.25) is 0 Å². The fourth-order valence-corrected chi connectivity index (χ4v) is 1.44. The minimum Gasteiger partial charge on any atom is -0.406 e. The van der Waals surface area contributed by atoms with Crippen molar-refractivity contribution < 1.29 is 19.1 Å². The van der Waals surface area contributed by atoms with Crippen molar-refractivity contribution in [3.63, 3.8) is 0 Å². The molecule has 114 valence electrons. The third-order valence-electron chi connectivity index (χ3n) is 2.54. The molecular formula is C15H20N2O4. The van der Waals surface area contributed by atoms with Gasteiger partial charge in [0, 0.05) is 33.8 Å². The Morgan fingerprint density at radius 1 is 1.10 bits per heavy atom. The second-order valence-electron chi connectivity index (χ2n) is 4.76. The van der Waals surface area contributed by atoms with Crippen molar-refractivity contribution in [2.45, 2.75) is 6.42 Å². The molecular weight excluding hydrogens is 272 g/mol. The number of ether oxygens (including phenoxy) is 2. The van der Waals surface area contributed by atoms with E-state index in [-0.39, 0.29) is 11.5 Å². The van der Waals surface area contributed by atoms with Gasteiger partial charge in [0.2, 0.25) is 0 Å². The highest BCUT2D eigenvalue weighted by molar-refractivity contribution is 5.75. The molecule has 0 aromatic heterocycles. The Bertz CT molecular complexity index is 538. The molecule has 0 N–H and O–H groups in total. The van der Waals surface area contributed by atoms with Crippen LogP contribution >= 0.6 is 0 Å². The summed E-state index contributed by atoms with van der Waals surface area (Å²) in [5.74, 6) is 0.426. The maximum Gasteiger partial charge on any atom is 0.414 e. The zero-order valence-corrected chi connectivity index (χ0v) is 12.8. The molecule has 0 radical (unpaired) electrons. The summed E-state index contributed by atoms with van der Waals surface area (Å²) >= 11 is 0. The number of nitrogens with zero attached hydrogens (tertiary/aromatic N) is 2. The number of para-hydroxylation sites is 1. The summed E-state index contributed by atoms with van der Waals surface area (Å²) in [5.41, 5.74) is 0.712. The highest BCUT2D eigenvalue weighted by Crippen LogP contribution is 2.32. The van der Waals surface area contributed by atoms with Gasteiger partial charge in [0.25, 0.3) is 0 Å². The van der Waals surface area contributed by atoms with E-state index in [1.54, 1.807) is 52.5 Å². The van der Waals surface area contributed by atoms with Gasteiger partial charge in [-0.15, -0.1) is 6.58 Å². The summed E-state index contributed by atoms with van der Waals surface area (Å²) in [4.78, 5) is 26.0. The highest BCUT2D eigenvalue weighted by atomic mass is 16.6. The van der Waals surface area contributed by atoms with Gasteiger partial charge >= 0.3 is 12.2 Å². The SMILES string of the molecule is C=CCc1cccc(OC(=O)N(C)C)c1OC(=O)N(C)C. The minimum absolute atomic E-state index is 0.197. The quantitative estimate of drug-likeness (QED) is 0.800. The van der Waals surface area contributed by atoms with Crippen LogP contribution in [0.1, 0.15) is 5.56 Å². The Labute approximate surface area is 124 Å². The maximum atomic E-state index is 11.8. The van der Waals surface area contributed by atoms with Crippen LogP contribution < -0.4 is 9.47 Å². The first-order valence-corrected chi connectivity index (χ1v) is 6.37. The van der Waals surface area contributed by atoms with E-state index in [0.29, 0.717) is 12.0 Å². The van der Waals surface area contributed by atoms with E-state index >= 15 is 0 Å². The van der Waals surface area contributed by atoms with Gasteiger partial charge in [-0.2, -0.15) is 0 Å². The highest BCUT2D eigenvalue weighted by Gasteiger charge is 2.18. The van der Waals surface area contributed by atoms with Crippen molar-refractivity contribution in [3.8, 4) is 11.5 Å². The third-order valence-corrected chi connectivity index (χ3v) is 2.54. The van der Waals surface area contributed by atoms with Crippen LogP contribution in [0.3, 0.4) is 0 Å². The van der Waals surface area contributed by atoms with E-state index < -0.39 is 12.2 Å². The summed E-state index contributed by atoms with van der Waals surface area (Å²) in [6.07, 6.45) is 1.07. The van der Waals surface area contributed by atoms with E-state index in [0.717, 1.165) is 0 Å². The normalized spacial score (nSPS) is 9.71. The molecule has 0 saturated carbocycles. The van der Waals surface area contributed by atoms with Crippen molar-refractivity contribution in [2.75, 3.05) is 28.2 Å². The van der Waals surface area contributed by atoms with Crippen LogP contribution in [0.4, 0.5) is 9.59 Å². The summed E-state index contributed by atoms with van der Waals surface area (Å²) in [6, 6.07) is 5.09. The van der Waals surface area contributed by atoms with Gasteiger partial charge in [-0.3, -0.25) is 0 Å². The molecule has 0 atom stereocenters. The van der Waals surface area contributed by atoms with Crippen molar-refractivity contribution in [2.24, 2.45) is 0 Å². The van der Waals surface area contributed by atoms with Crippen molar-refractivity contribution >= 4 is 12.2 Å². The van der Waals surface area contributed by atoms with E-state index in [1.807, 2.05) is 0 Å². The molecule has 1 aromatic carbocycles. The predicted molar refractivity (Wildman–Crippen MR) is 79.8 cm³/mol. The molecule has 2 amide bonds. The zero-order chi connectivity index (χ0) is 16.0. The molecule has 0 aliphatic rings. The zero-order valence-electron chi connectivity index (χ0n) is 12.8. The van der Waals surface area contributed by atoms with E-state index in [4.69, 9.17) is 9.47 Å². The number of carbonyl (C=O) groups excluding carboxylic acids is 2. The van der Waals surface area contributed by atoms with Crippen LogP contribution in [-0.4, -0.2) is 50.2 Å². The number of amides is 2. The molecule has 0 heterocycles. The topological polar surface area (TPSA) is 59.1 Å². The first kappa shape index (κ1) is 16.6. The van der Waals surface area contributed by atoms with Crippen LogP contribution in [0.25, 0.3) is 0 Å². The maximum absolute atomic E-state index is 11.8. The molecule has 1 aromatic rings. The number of carbonyl (C=O) groups is 2. The lowest BCUT2D eigenvalue weighted by Crippen LogP contribution is -2.28. The third kappa shape index (κ3) is 4.52. The number of allylic oxidation sites excluding steroid dienone is 1. The van der Waals surface area contributed by atoms with Crippen molar-refractivity contribution in [1.29, 1.82) is 0 Å². The predicted octanol–water partition coefficient (Wildman–Crippen LogP) is 2.54. The van der Waals surface area contributed by atoms with Crippen molar-refractivity contribution in [1.82, 2.24) is 9.80 Å². The first-order valence-electron chi connectivity index (χ1n) is 6.37. The standard InChI is InChI=1S/C15H20N2O4/c1-6-8-11-9-7-10-12(20-14(18)16(2)3)13(11)21-15(19)17(4)5/h6-7,9-10H,1,8H2,2-5H3. The lowest BCUT2D eigenvalue weighted by atomic mass is 10.1. The molecule has 6 heteroatoms. The smallest absolute Gasteiger partial charge is 0.406 e. The monoisotopic (exact) mass is 292 g/mol. The second kappa shape index (κ2) is 7.33. The van der Waals surface area contributed by atoms with Crippen molar-refractivity contribution in [3.05, 3.63) is 36.4 Å². The van der Waals surface area contributed by atoms with Crippen LogP contribution in [0, 0.1) is 0 Å². The molecule has 0 aliphatic heterocycles. The molecule has 0 fully saturated rings. The Hall–Kier alpha value is -2.50. The second-order valence-corrected chi connectivity index (χ2v) is 4.76. The molecule has 0 spiro atoms. The Morgan fingerprint density at radius 2 is 1.67 bits per heavy atom. The van der Waals surface area contributed by atoms with E-state index in [1.165, 1.54) is 9.80 Å². The van der Waals surface area contributed by atoms with Gasteiger partial charge in [0.1, 0.15) is 0 Å². The minimum atomic E-state index is -0.548. The fraction of sp³-hybridized carbons (Fsp3) is 0.333. The molecule has 0 aliphatic carbocycles. The molecule has 6 nitrogen and oxygen atoms in total. The number of hydrogen-bond acceptors (Lipinski definition) is 4. The Morgan fingerprint density at radius 3 is 2.19 bits per heavy atom. The summed E-state index contributed by atoms with van der Waals surface area (Å²) in [7, 11) is 6.29. The summed E-state index contributed by atoms with van der Waals surface area (Å²) in [5, 5.41) is 0. The first-order chi connectivity index (χ1) is 9.86. The molecule has 1 rings (SSSR count). The summed E-state index contributed by atoms with van der Waals surface area (Å²) in [6.45, 7) is 3.66. The molecule has 0 saturated heterocycles. The van der Waals surface area contributed by atoms with Gasteiger partial charge in [-0.05, 0) is 12.5 Å². The van der Waals surface area contributed by atoms with Gasteiger partial charge in [-0.1, -0.05) is 18.2 Å². The van der Waals surface area contributed by atoms with Gasteiger partial charge in [-0.25, -0.2) is 9.59 Å². The summed E-state index contributed by atoms with van der Waals surface area (Å²) < 4.78 is 10.5. The number of rotatable bonds is 4. The van der Waals surface area contributed by atoms with Crippen LogP contribution in [-0.2, 0) is 6.42 Å². The number of benzene rings is 1. The van der Waals surface area contributed by atoms with E-state index in [2.05, 4.69) is 6.58 Å². The van der Waals surface area contributed by atoms with E-state index in [9.17, 15) is 9.59 Å². The lowest BCUT2D eigenvalue weighted by molar-refractivity contribution is 0.160.